The topological polar surface area (TPSA) is 79.6 Å². The zero-order valence-corrected chi connectivity index (χ0v) is 14.4. The van der Waals surface area contributed by atoms with Crippen molar-refractivity contribution in [3.63, 3.8) is 0 Å². The van der Waals surface area contributed by atoms with Crippen LogP contribution >= 0.6 is 0 Å². The predicted octanol–water partition coefficient (Wildman–Crippen LogP) is 2.55. The van der Waals surface area contributed by atoms with Gasteiger partial charge in [-0.2, -0.15) is 5.26 Å². The number of esters is 1. The van der Waals surface area contributed by atoms with Crippen molar-refractivity contribution in [2.75, 3.05) is 26.8 Å². The lowest BCUT2D eigenvalue weighted by atomic mass is 10.1. The van der Waals surface area contributed by atoms with E-state index in [1.807, 2.05) is 6.07 Å². The Kier molecular flexibility index (Phi) is 7.02. The van der Waals surface area contributed by atoms with Crippen molar-refractivity contribution in [3.8, 4) is 11.8 Å². The largest absolute Gasteiger partial charge is 0.497 e. The maximum Gasteiger partial charge on any atom is 0.349 e. The number of methoxy groups -OCH3 is 1. The van der Waals surface area contributed by atoms with Crippen LogP contribution in [0.1, 0.15) is 31.2 Å². The quantitative estimate of drug-likeness (QED) is 0.467. The van der Waals surface area contributed by atoms with Gasteiger partial charge in [-0.3, -0.25) is 4.79 Å². The van der Waals surface area contributed by atoms with Crippen LogP contribution in [0.25, 0.3) is 6.08 Å². The van der Waals surface area contributed by atoms with Gasteiger partial charge in [0.15, 0.2) is 6.61 Å². The molecule has 1 saturated heterocycles. The SMILES string of the molecule is COc1ccc(/C=C(\C#N)C(=O)OCC(=O)N2CCCCCC2)cc1. The highest BCUT2D eigenvalue weighted by Crippen LogP contribution is 2.15. The van der Waals surface area contributed by atoms with Crippen molar-refractivity contribution in [2.24, 2.45) is 0 Å². The van der Waals surface area contributed by atoms with Crippen molar-refractivity contribution in [3.05, 3.63) is 35.4 Å². The third kappa shape index (κ3) is 5.64. The van der Waals surface area contributed by atoms with Gasteiger partial charge in [-0.05, 0) is 36.6 Å². The van der Waals surface area contributed by atoms with Crippen LogP contribution in [0.4, 0.5) is 0 Å². The second-order valence-corrected chi connectivity index (χ2v) is 5.81. The van der Waals surface area contributed by atoms with E-state index in [1.54, 1.807) is 36.3 Å². The molecule has 6 nitrogen and oxygen atoms in total. The van der Waals surface area contributed by atoms with Gasteiger partial charge in [0.2, 0.25) is 0 Å². The number of carbonyl (C=O) groups excluding carboxylic acids is 2. The van der Waals surface area contributed by atoms with Gasteiger partial charge >= 0.3 is 5.97 Å². The van der Waals surface area contributed by atoms with Crippen LogP contribution in [0.3, 0.4) is 0 Å². The van der Waals surface area contributed by atoms with Gasteiger partial charge < -0.3 is 14.4 Å². The lowest BCUT2D eigenvalue weighted by Crippen LogP contribution is -2.35. The molecule has 1 amide bonds. The van der Waals surface area contributed by atoms with Gasteiger partial charge in [0.1, 0.15) is 17.4 Å². The Morgan fingerprint density at radius 3 is 2.36 bits per heavy atom. The van der Waals surface area contributed by atoms with E-state index in [2.05, 4.69) is 0 Å². The van der Waals surface area contributed by atoms with Crippen LogP contribution < -0.4 is 4.74 Å². The molecule has 6 heteroatoms. The fourth-order valence-corrected chi connectivity index (χ4v) is 2.62. The molecule has 0 aromatic heterocycles. The highest BCUT2D eigenvalue weighted by atomic mass is 16.5. The van der Waals surface area contributed by atoms with E-state index >= 15 is 0 Å². The van der Waals surface area contributed by atoms with Crippen LogP contribution in [0.5, 0.6) is 5.75 Å². The van der Waals surface area contributed by atoms with E-state index < -0.39 is 5.97 Å². The molecule has 132 valence electrons. The number of amides is 1. The Hall–Kier alpha value is -2.81. The Bertz CT molecular complexity index is 666. The van der Waals surface area contributed by atoms with E-state index in [-0.39, 0.29) is 18.1 Å². The molecule has 1 aliphatic heterocycles. The molecule has 2 rings (SSSR count). The summed E-state index contributed by atoms with van der Waals surface area (Å²) in [6.07, 6.45) is 5.61. The monoisotopic (exact) mass is 342 g/mol. The minimum Gasteiger partial charge on any atom is -0.497 e. The number of rotatable bonds is 5. The summed E-state index contributed by atoms with van der Waals surface area (Å²) in [7, 11) is 1.56. The lowest BCUT2D eigenvalue weighted by Gasteiger charge is -2.19. The van der Waals surface area contributed by atoms with Gasteiger partial charge in [-0.25, -0.2) is 4.79 Å². The molecule has 0 N–H and O–H groups in total. The Morgan fingerprint density at radius 2 is 1.80 bits per heavy atom. The zero-order chi connectivity index (χ0) is 18.1. The summed E-state index contributed by atoms with van der Waals surface area (Å²) in [6, 6.07) is 8.74. The van der Waals surface area contributed by atoms with Crippen LogP contribution in [-0.4, -0.2) is 43.6 Å². The number of benzene rings is 1. The molecular weight excluding hydrogens is 320 g/mol. The molecular formula is C19H22N2O4. The third-order valence-electron chi connectivity index (χ3n) is 4.05. The molecule has 0 aliphatic carbocycles. The van der Waals surface area contributed by atoms with Crippen LogP contribution in [-0.2, 0) is 14.3 Å². The standard InChI is InChI=1S/C19H22N2O4/c1-24-17-8-6-15(7-9-17)12-16(13-20)19(23)25-14-18(22)21-10-4-2-3-5-11-21/h6-9,12H,2-5,10-11,14H2,1H3/b16-12+. The zero-order valence-electron chi connectivity index (χ0n) is 14.4. The maximum absolute atomic E-state index is 12.1. The van der Waals surface area contributed by atoms with Crippen molar-refractivity contribution >= 4 is 18.0 Å². The fourth-order valence-electron chi connectivity index (χ4n) is 2.62. The highest BCUT2D eigenvalue weighted by molar-refractivity contribution is 5.98. The van der Waals surface area contributed by atoms with Gasteiger partial charge in [0, 0.05) is 13.1 Å². The summed E-state index contributed by atoms with van der Waals surface area (Å²) >= 11 is 0. The van der Waals surface area contributed by atoms with Crippen molar-refractivity contribution in [1.82, 2.24) is 4.90 Å². The second kappa shape index (κ2) is 9.48. The maximum atomic E-state index is 12.1. The van der Waals surface area contributed by atoms with Crippen molar-refractivity contribution < 1.29 is 19.1 Å². The normalized spacial score (nSPS) is 15.0. The summed E-state index contributed by atoms with van der Waals surface area (Å²) in [5, 5.41) is 9.17. The molecule has 0 saturated carbocycles. The lowest BCUT2D eigenvalue weighted by molar-refractivity contribution is -0.148. The Balaban J connectivity index is 1.93. The number of carbonyl (C=O) groups is 2. The summed E-state index contributed by atoms with van der Waals surface area (Å²) < 4.78 is 10.1. The van der Waals surface area contributed by atoms with E-state index in [9.17, 15) is 14.9 Å². The minimum absolute atomic E-state index is 0.145. The third-order valence-corrected chi connectivity index (χ3v) is 4.05. The molecule has 1 aliphatic rings. The van der Waals surface area contributed by atoms with E-state index in [1.165, 1.54) is 6.08 Å². The molecule has 1 aromatic carbocycles. The average molecular weight is 342 g/mol. The van der Waals surface area contributed by atoms with Gasteiger partial charge in [-0.15, -0.1) is 0 Å². The van der Waals surface area contributed by atoms with E-state index in [0.29, 0.717) is 24.4 Å². The van der Waals surface area contributed by atoms with Crippen molar-refractivity contribution in [1.29, 1.82) is 5.26 Å². The molecule has 0 radical (unpaired) electrons. The molecule has 0 bridgehead atoms. The summed E-state index contributed by atoms with van der Waals surface area (Å²) in [5.74, 6) is -0.320. The van der Waals surface area contributed by atoms with E-state index in [0.717, 1.165) is 25.7 Å². The number of likely N-dealkylation sites (tertiary alicyclic amines) is 1. The number of hydrogen-bond donors (Lipinski definition) is 0. The molecule has 1 fully saturated rings. The first kappa shape index (κ1) is 18.5. The average Bonchev–Trinajstić information content (AvgIpc) is 2.94. The Morgan fingerprint density at radius 1 is 1.16 bits per heavy atom. The van der Waals surface area contributed by atoms with E-state index in [4.69, 9.17) is 9.47 Å². The number of hydrogen-bond acceptors (Lipinski definition) is 5. The smallest absolute Gasteiger partial charge is 0.349 e. The van der Waals surface area contributed by atoms with Crippen molar-refractivity contribution in [2.45, 2.75) is 25.7 Å². The first-order valence-corrected chi connectivity index (χ1v) is 8.35. The minimum atomic E-state index is -0.790. The summed E-state index contributed by atoms with van der Waals surface area (Å²) in [4.78, 5) is 25.9. The van der Waals surface area contributed by atoms with Crippen LogP contribution in [0.2, 0.25) is 0 Å². The predicted molar refractivity (Wildman–Crippen MR) is 92.6 cm³/mol. The first-order chi connectivity index (χ1) is 12.1. The van der Waals surface area contributed by atoms with Crippen LogP contribution in [0, 0.1) is 11.3 Å². The molecule has 1 aromatic rings. The first-order valence-electron chi connectivity index (χ1n) is 8.35. The fraction of sp³-hybridized carbons (Fsp3) is 0.421. The van der Waals surface area contributed by atoms with Gasteiger partial charge in [-0.1, -0.05) is 25.0 Å². The Labute approximate surface area is 147 Å². The molecule has 0 unspecified atom stereocenters. The summed E-state index contributed by atoms with van der Waals surface area (Å²) in [6.45, 7) is 1.06. The van der Waals surface area contributed by atoms with Gasteiger partial charge in [0.25, 0.3) is 5.91 Å². The second-order valence-electron chi connectivity index (χ2n) is 5.81. The number of nitriles is 1. The van der Waals surface area contributed by atoms with Crippen LogP contribution in [0.15, 0.2) is 29.8 Å². The van der Waals surface area contributed by atoms with Gasteiger partial charge in [0.05, 0.1) is 7.11 Å². The molecule has 1 heterocycles. The molecule has 0 atom stereocenters. The number of nitrogens with zero attached hydrogens (tertiary/aromatic N) is 2. The summed E-state index contributed by atoms with van der Waals surface area (Å²) in [5.41, 5.74) is 0.530. The molecule has 0 spiro atoms. The number of ether oxygens (including phenoxy) is 2. The molecule has 25 heavy (non-hydrogen) atoms. The highest BCUT2D eigenvalue weighted by Gasteiger charge is 2.18.